The second kappa shape index (κ2) is 4.99. The van der Waals surface area contributed by atoms with Crippen molar-refractivity contribution in [2.24, 2.45) is 5.92 Å². The number of rotatable bonds is 4. The van der Waals surface area contributed by atoms with Crippen molar-refractivity contribution in [3.63, 3.8) is 0 Å². The lowest BCUT2D eigenvalue weighted by molar-refractivity contribution is 0.186. The van der Waals surface area contributed by atoms with Crippen molar-refractivity contribution >= 4 is 15.8 Å². The Balaban J connectivity index is 2.06. The molecule has 94 valence electrons. The van der Waals surface area contributed by atoms with Gasteiger partial charge in [-0.1, -0.05) is 0 Å². The number of ether oxygens (including phenoxy) is 1. The SMILES string of the molecule is Nc1ncccc1S(=O)(=O)NCC1CCOC1. The van der Waals surface area contributed by atoms with Crippen molar-refractivity contribution in [2.75, 3.05) is 25.5 Å². The van der Waals surface area contributed by atoms with E-state index < -0.39 is 10.0 Å². The predicted molar refractivity (Wildman–Crippen MR) is 62.8 cm³/mol. The first kappa shape index (κ1) is 12.3. The highest BCUT2D eigenvalue weighted by Crippen LogP contribution is 2.16. The highest BCUT2D eigenvalue weighted by Gasteiger charge is 2.21. The number of hydrogen-bond acceptors (Lipinski definition) is 5. The quantitative estimate of drug-likeness (QED) is 0.790. The molecule has 1 fully saturated rings. The minimum atomic E-state index is -3.57. The van der Waals surface area contributed by atoms with Crippen molar-refractivity contribution in [1.29, 1.82) is 0 Å². The van der Waals surface area contributed by atoms with Crippen molar-refractivity contribution in [3.05, 3.63) is 18.3 Å². The lowest BCUT2D eigenvalue weighted by Crippen LogP contribution is -2.30. The summed E-state index contributed by atoms with van der Waals surface area (Å²) in [5, 5.41) is 0. The van der Waals surface area contributed by atoms with Crippen molar-refractivity contribution in [3.8, 4) is 0 Å². The second-order valence-corrected chi connectivity index (χ2v) is 5.70. The number of aromatic nitrogens is 1. The Morgan fingerprint density at radius 2 is 2.41 bits per heavy atom. The summed E-state index contributed by atoms with van der Waals surface area (Å²) in [6.07, 6.45) is 2.34. The molecule has 17 heavy (non-hydrogen) atoms. The molecule has 0 bridgehead atoms. The molecule has 0 aromatic carbocycles. The summed E-state index contributed by atoms with van der Waals surface area (Å²) in [6, 6.07) is 2.99. The van der Waals surface area contributed by atoms with E-state index in [1.807, 2.05) is 0 Å². The summed E-state index contributed by atoms with van der Waals surface area (Å²) in [5.41, 5.74) is 5.54. The van der Waals surface area contributed by atoms with Crippen LogP contribution in [0.1, 0.15) is 6.42 Å². The number of nitrogens with zero attached hydrogens (tertiary/aromatic N) is 1. The Morgan fingerprint density at radius 1 is 1.59 bits per heavy atom. The maximum atomic E-state index is 11.9. The van der Waals surface area contributed by atoms with Gasteiger partial charge in [0.25, 0.3) is 0 Å². The smallest absolute Gasteiger partial charge is 0.244 e. The molecule has 1 aromatic heterocycles. The largest absolute Gasteiger partial charge is 0.383 e. The van der Waals surface area contributed by atoms with Gasteiger partial charge in [0.15, 0.2) is 0 Å². The summed E-state index contributed by atoms with van der Waals surface area (Å²) in [4.78, 5) is 3.79. The fourth-order valence-electron chi connectivity index (χ4n) is 1.68. The number of pyridine rings is 1. The number of nitrogens with one attached hydrogen (secondary N) is 1. The Labute approximate surface area is 100 Å². The molecule has 1 unspecified atom stereocenters. The topological polar surface area (TPSA) is 94.3 Å². The van der Waals surface area contributed by atoms with E-state index in [-0.39, 0.29) is 16.6 Å². The molecular formula is C10H15N3O3S. The van der Waals surface area contributed by atoms with E-state index in [0.717, 1.165) is 6.42 Å². The van der Waals surface area contributed by atoms with Gasteiger partial charge in [0.2, 0.25) is 10.0 Å². The highest BCUT2D eigenvalue weighted by atomic mass is 32.2. The Bertz CT molecular complexity index is 483. The standard InChI is InChI=1S/C10H15N3O3S/c11-10-9(2-1-4-12-10)17(14,15)13-6-8-3-5-16-7-8/h1-2,4,8,13H,3,5-7H2,(H2,11,12). The van der Waals surface area contributed by atoms with Gasteiger partial charge in [-0.3, -0.25) is 0 Å². The molecule has 2 rings (SSSR count). The third kappa shape index (κ3) is 2.93. The minimum Gasteiger partial charge on any atom is -0.383 e. The summed E-state index contributed by atoms with van der Waals surface area (Å²) in [6.45, 7) is 1.67. The van der Waals surface area contributed by atoms with Crippen LogP contribution < -0.4 is 10.5 Å². The van der Waals surface area contributed by atoms with E-state index >= 15 is 0 Å². The lowest BCUT2D eigenvalue weighted by atomic mass is 10.1. The van der Waals surface area contributed by atoms with Gasteiger partial charge in [0.05, 0.1) is 6.61 Å². The van der Waals surface area contributed by atoms with Gasteiger partial charge in [-0.05, 0) is 24.5 Å². The van der Waals surface area contributed by atoms with Crippen LogP contribution >= 0.6 is 0 Å². The average molecular weight is 257 g/mol. The van der Waals surface area contributed by atoms with E-state index in [9.17, 15) is 8.42 Å². The van der Waals surface area contributed by atoms with Gasteiger partial charge < -0.3 is 10.5 Å². The molecule has 3 N–H and O–H groups in total. The number of nitrogens with two attached hydrogens (primary N) is 1. The van der Waals surface area contributed by atoms with Crippen molar-refractivity contribution < 1.29 is 13.2 Å². The Hall–Kier alpha value is -1.18. The van der Waals surface area contributed by atoms with Gasteiger partial charge in [0, 0.05) is 19.3 Å². The van der Waals surface area contributed by atoms with Gasteiger partial charge in [-0.15, -0.1) is 0 Å². The molecule has 1 aliphatic rings. The summed E-state index contributed by atoms with van der Waals surface area (Å²) < 4.78 is 31.6. The fraction of sp³-hybridized carbons (Fsp3) is 0.500. The van der Waals surface area contributed by atoms with Crippen LogP contribution in [0.4, 0.5) is 5.82 Å². The zero-order valence-electron chi connectivity index (χ0n) is 9.30. The molecule has 1 aliphatic heterocycles. The Kier molecular flexibility index (Phi) is 3.60. The average Bonchev–Trinajstić information content (AvgIpc) is 2.80. The Morgan fingerprint density at radius 3 is 3.06 bits per heavy atom. The molecule has 0 spiro atoms. The molecule has 0 aliphatic carbocycles. The third-order valence-electron chi connectivity index (χ3n) is 2.68. The van der Waals surface area contributed by atoms with Gasteiger partial charge >= 0.3 is 0 Å². The number of nitrogen functional groups attached to an aromatic ring is 1. The maximum Gasteiger partial charge on any atom is 0.244 e. The molecule has 1 saturated heterocycles. The molecule has 1 aromatic rings. The van der Waals surface area contributed by atoms with Crippen LogP contribution in [0.3, 0.4) is 0 Å². The monoisotopic (exact) mass is 257 g/mol. The minimum absolute atomic E-state index is 0.0164. The van der Waals surface area contributed by atoms with E-state index in [4.69, 9.17) is 10.5 Å². The molecular weight excluding hydrogens is 242 g/mol. The van der Waals surface area contributed by atoms with Crippen LogP contribution in [0.2, 0.25) is 0 Å². The zero-order valence-corrected chi connectivity index (χ0v) is 10.1. The molecule has 0 radical (unpaired) electrons. The summed E-state index contributed by atoms with van der Waals surface area (Å²) >= 11 is 0. The molecule has 7 heteroatoms. The van der Waals surface area contributed by atoms with Crippen LogP contribution in [-0.4, -0.2) is 33.2 Å². The van der Waals surface area contributed by atoms with Gasteiger partial charge in [0.1, 0.15) is 10.7 Å². The fourth-order valence-corrected chi connectivity index (χ4v) is 2.88. The lowest BCUT2D eigenvalue weighted by Gasteiger charge is -2.11. The number of hydrogen-bond donors (Lipinski definition) is 2. The van der Waals surface area contributed by atoms with Crippen LogP contribution in [0.15, 0.2) is 23.2 Å². The normalized spacial score (nSPS) is 20.6. The first-order valence-corrected chi connectivity index (χ1v) is 6.86. The molecule has 1 atom stereocenters. The first-order chi connectivity index (χ1) is 8.09. The maximum absolute atomic E-state index is 11.9. The van der Waals surface area contributed by atoms with Crippen LogP contribution in [-0.2, 0) is 14.8 Å². The van der Waals surface area contributed by atoms with Crippen LogP contribution in [0, 0.1) is 5.92 Å². The molecule has 6 nitrogen and oxygen atoms in total. The summed E-state index contributed by atoms with van der Waals surface area (Å²) in [5.74, 6) is 0.255. The highest BCUT2D eigenvalue weighted by molar-refractivity contribution is 7.89. The van der Waals surface area contributed by atoms with Crippen LogP contribution in [0.25, 0.3) is 0 Å². The van der Waals surface area contributed by atoms with E-state index in [1.165, 1.54) is 12.3 Å². The predicted octanol–water partition coefficient (Wildman–Crippen LogP) is -0.0214. The van der Waals surface area contributed by atoms with Gasteiger partial charge in [-0.2, -0.15) is 0 Å². The molecule has 2 heterocycles. The summed E-state index contributed by atoms with van der Waals surface area (Å²) in [7, 11) is -3.57. The van der Waals surface area contributed by atoms with E-state index in [1.54, 1.807) is 6.07 Å². The number of anilines is 1. The van der Waals surface area contributed by atoms with E-state index in [0.29, 0.717) is 19.8 Å². The van der Waals surface area contributed by atoms with Crippen molar-refractivity contribution in [2.45, 2.75) is 11.3 Å². The third-order valence-corrected chi connectivity index (χ3v) is 4.15. The van der Waals surface area contributed by atoms with Crippen molar-refractivity contribution in [1.82, 2.24) is 9.71 Å². The molecule has 0 saturated carbocycles. The van der Waals surface area contributed by atoms with Gasteiger partial charge in [-0.25, -0.2) is 18.1 Å². The number of sulfonamides is 1. The van der Waals surface area contributed by atoms with E-state index in [2.05, 4.69) is 9.71 Å². The van der Waals surface area contributed by atoms with Crippen LogP contribution in [0.5, 0.6) is 0 Å². The molecule has 0 amide bonds. The second-order valence-electron chi connectivity index (χ2n) is 3.97. The first-order valence-electron chi connectivity index (χ1n) is 5.37. The zero-order chi connectivity index (χ0) is 12.3.